The van der Waals surface area contributed by atoms with E-state index >= 15 is 0 Å². The van der Waals surface area contributed by atoms with Crippen LogP contribution in [0.1, 0.15) is 0 Å². The maximum atomic E-state index is 4.94. The number of nitrogens with zero attached hydrogens (tertiary/aromatic N) is 7. The van der Waals surface area contributed by atoms with Gasteiger partial charge in [-0.05, 0) is 98.0 Å². The van der Waals surface area contributed by atoms with E-state index in [1.54, 1.807) is 0 Å². The van der Waals surface area contributed by atoms with E-state index in [0.717, 1.165) is 72.4 Å². The molecule has 3 aromatic heterocycles. The molecule has 3 heterocycles. The Morgan fingerprint density at radius 2 is 0.923 bits per heavy atom. The Hall–Kier alpha value is -6.20. The molecule has 0 fully saturated rings. The first-order chi connectivity index (χ1) is 25.8. The highest BCUT2D eigenvalue weighted by Crippen LogP contribution is 2.47. The molecule has 11 aromatic rings. The van der Waals surface area contributed by atoms with E-state index in [-0.39, 0.29) is 0 Å². The molecule has 0 saturated carbocycles. The van der Waals surface area contributed by atoms with Crippen molar-refractivity contribution in [2.24, 2.45) is 0 Å². The lowest BCUT2D eigenvalue weighted by Gasteiger charge is -2.26. The molecule has 0 saturated heterocycles. The second kappa shape index (κ2) is 11.7. The van der Waals surface area contributed by atoms with Gasteiger partial charge in [-0.25, -0.2) is 0 Å². The average molecular weight is 722 g/mol. The molecule has 10 heteroatoms. The SMILES string of the molecule is c1ccc2cc3cc(-c4ccc(N(c5cccc6nsnc56)c5ccc(-c6cccc7ccccc67)c6nsnc56)c5nsnc45)ccc3cc2c1. The number of rotatable bonds is 5. The smallest absolute Gasteiger partial charge is 0.129 e. The molecular formula is C42H23N7S3. The van der Waals surface area contributed by atoms with Gasteiger partial charge in [0.2, 0.25) is 0 Å². The summed E-state index contributed by atoms with van der Waals surface area (Å²) >= 11 is 3.65. The van der Waals surface area contributed by atoms with Gasteiger partial charge in [0.05, 0.1) is 52.2 Å². The number of fused-ring (bicyclic) bond motifs is 6. The van der Waals surface area contributed by atoms with Crippen LogP contribution in [-0.2, 0) is 0 Å². The molecule has 0 aliphatic heterocycles. The van der Waals surface area contributed by atoms with Gasteiger partial charge >= 0.3 is 0 Å². The monoisotopic (exact) mass is 721 g/mol. The number of hydrogen-bond donors (Lipinski definition) is 0. The molecule has 0 aliphatic rings. The van der Waals surface area contributed by atoms with Crippen molar-refractivity contribution < 1.29 is 0 Å². The van der Waals surface area contributed by atoms with Crippen molar-refractivity contribution in [2.75, 3.05) is 4.90 Å². The van der Waals surface area contributed by atoms with Crippen molar-refractivity contribution in [3.05, 3.63) is 140 Å². The molecule has 0 N–H and O–H groups in total. The second-order valence-electron chi connectivity index (χ2n) is 12.7. The Morgan fingerprint density at radius 1 is 0.346 bits per heavy atom. The minimum Gasteiger partial charge on any atom is -0.304 e. The van der Waals surface area contributed by atoms with Crippen LogP contribution in [-0.4, -0.2) is 26.2 Å². The van der Waals surface area contributed by atoms with Crippen molar-refractivity contribution >= 4 is 118 Å². The molecule has 11 rings (SSSR count). The predicted octanol–water partition coefficient (Wildman–Crippen LogP) is 12.0. The van der Waals surface area contributed by atoms with Crippen molar-refractivity contribution in [1.82, 2.24) is 26.2 Å². The first-order valence-corrected chi connectivity index (χ1v) is 18.9. The van der Waals surface area contributed by atoms with Crippen molar-refractivity contribution in [3.63, 3.8) is 0 Å². The molecular weight excluding hydrogens is 699 g/mol. The molecule has 52 heavy (non-hydrogen) atoms. The lowest BCUT2D eigenvalue weighted by molar-refractivity contribution is 1.31. The van der Waals surface area contributed by atoms with Gasteiger partial charge in [0.25, 0.3) is 0 Å². The Morgan fingerprint density at radius 3 is 1.73 bits per heavy atom. The number of benzene rings is 8. The zero-order chi connectivity index (χ0) is 34.2. The molecule has 0 aliphatic carbocycles. The zero-order valence-corrected chi connectivity index (χ0v) is 29.6. The topological polar surface area (TPSA) is 80.6 Å². The van der Waals surface area contributed by atoms with Crippen LogP contribution < -0.4 is 4.90 Å². The highest BCUT2D eigenvalue weighted by atomic mass is 32.1. The van der Waals surface area contributed by atoms with Crippen LogP contribution in [0.15, 0.2) is 140 Å². The third kappa shape index (κ3) is 4.55. The molecule has 0 bridgehead atoms. The summed E-state index contributed by atoms with van der Waals surface area (Å²) in [7, 11) is 0. The van der Waals surface area contributed by atoms with Crippen molar-refractivity contribution in [1.29, 1.82) is 0 Å². The van der Waals surface area contributed by atoms with Crippen LogP contribution in [0, 0.1) is 0 Å². The largest absolute Gasteiger partial charge is 0.304 e. The zero-order valence-electron chi connectivity index (χ0n) is 27.1. The van der Waals surface area contributed by atoms with Crippen LogP contribution >= 0.6 is 35.2 Å². The van der Waals surface area contributed by atoms with E-state index in [1.165, 1.54) is 67.5 Å². The summed E-state index contributed by atoms with van der Waals surface area (Å²) in [6, 6.07) is 49.2. The van der Waals surface area contributed by atoms with E-state index in [0.29, 0.717) is 0 Å². The minimum absolute atomic E-state index is 0.802. The van der Waals surface area contributed by atoms with Gasteiger partial charge in [-0.3, -0.25) is 0 Å². The predicted molar refractivity (Wildman–Crippen MR) is 217 cm³/mol. The van der Waals surface area contributed by atoms with Gasteiger partial charge in [0.1, 0.15) is 33.1 Å². The Labute approximate surface area is 309 Å². The molecule has 0 amide bonds. The van der Waals surface area contributed by atoms with Gasteiger partial charge in [0.15, 0.2) is 0 Å². The minimum atomic E-state index is 0.802. The molecule has 8 aromatic carbocycles. The van der Waals surface area contributed by atoms with E-state index in [1.807, 2.05) is 12.1 Å². The van der Waals surface area contributed by atoms with E-state index in [2.05, 4.69) is 137 Å². The van der Waals surface area contributed by atoms with Crippen molar-refractivity contribution in [3.8, 4) is 22.3 Å². The van der Waals surface area contributed by atoms with E-state index in [4.69, 9.17) is 21.9 Å². The highest BCUT2D eigenvalue weighted by Gasteiger charge is 2.26. The Kier molecular flexibility index (Phi) is 6.63. The van der Waals surface area contributed by atoms with Crippen molar-refractivity contribution in [2.45, 2.75) is 0 Å². The van der Waals surface area contributed by atoms with Gasteiger partial charge in [0, 0.05) is 11.1 Å². The second-order valence-corrected chi connectivity index (χ2v) is 14.3. The Balaban J connectivity index is 1.13. The summed E-state index contributed by atoms with van der Waals surface area (Å²) in [4.78, 5) is 2.21. The fraction of sp³-hybridized carbons (Fsp3) is 0. The molecule has 0 atom stereocenters. The Bertz CT molecular complexity index is 3180. The maximum absolute atomic E-state index is 4.94. The molecule has 7 nitrogen and oxygen atoms in total. The fourth-order valence-electron chi connectivity index (χ4n) is 7.45. The maximum Gasteiger partial charge on any atom is 0.129 e. The summed E-state index contributed by atoms with van der Waals surface area (Å²) in [6.45, 7) is 0. The lowest BCUT2D eigenvalue weighted by Crippen LogP contribution is -2.12. The fourth-order valence-corrected chi connectivity index (χ4v) is 9.13. The first kappa shape index (κ1) is 29.5. The third-order valence-electron chi connectivity index (χ3n) is 9.87. The normalized spacial score (nSPS) is 11.8. The van der Waals surface area contributed by atoms with Crippen LogP contribution in [0.4, 0.5) is 17.1 Å². The van der Waals surface area contributed by atoms with Crippen LogP contribution in [0.5, 0.6) is 0 Å². The summed E-state index contributed by atoms with van der Waals surface area (Å²) in [5.41, 5.74) is 11.9. The van der Waals surface area contributed by atoms with Crippen LogP contribution in [0.2, 0.25) is 0 Å². The first-order valence-electron chi connectivity index (χ1n) is 16.7. The van der Waals surface area contributed by atoms with Crippen LogP contribution in [0.25, 0.3) is 87.7 Å². The van der Waals surface area contributed by atoms with E-state index in [9.17, 15) is 0 Å². The summed E-state index contributed by atoms with van der Waals surface area (Å²) in [5.74, 6) is 0. The van der Waals surface area contributed by atoms with Gasteiger partial charge in [-0.1, -0.05) is 84.9 Å². The molecule has 0 spiro atoms. The number of anilines is 3. The lowest BCUT2D eigenvalue weighted by atomic mass is 9.96. The molecule has 244 valence electrons. The van der Waals surface area contributed by atoms with Gasteiger partial charge in [-0.2, -0.15) is 26.2 Å². The average Bonchev–Trinajstić information content (AvgIpc) is 3.99. The third-order valence-corrected chi connectivity index (χ3v) is 11.5. The van der Waals surface area contributed by atoms with E-state index < -0.39 is 0 Å². The standard InChI is InChI=1S/C42H23N7S3/c1-2-9-26-22-29-23-28(16-15-27(29)21-25(26)8-1)31-17-19-36(41-38(31)44-51-47-41)49(35-14-6-13-34-40(35)46-50-43-34)37-20-18-33(39-42(37)48-52-45-39)32-12-5-10-24-7-3-4-11-30(24)32/h1-23H. The van der Waals surface area contributed by atoms with Gasteiger partial charge < -0.3 is 4.90 Å². The highest BCUT2D eigenvalue weighted by molar-refractivity contribution is 7.00. The van der Waals surface area contributed by atoms with Crippen LogP contribution in [0.3, 0.4) is 0 Å². The molecule has 0 unspecified atom stereocenters. The number of aromatic nitrogens is 6. The summed E-state index contributed by atoms with van der Waals surface area (Å²) in [6.07, 6.45) is 0. The quantitative estimate of drug-likeness (QED) is 0.164. The van der Waals surface area contributed by atoms with Gasteiger partial charge in [-0.15, -0.1) is 0 Å². The molecule has 0 radical (unpaired) electrons. The summed E-state index contributed by atoms with van der Waals surface area (Å²) < 4.78 is 29.0. The number of hydrogen-bond acceptors (Lipinski definition) is 10. The summed E-state index contributed by atoms with van der Waals surface area (Å²) in [5, 5.41) is 7.20.